The number of phenols is 1. The molecule has 0 saturated heterocycles. The summed E-state index contributed by atoms with van der Waals surface area (Å²) in [6.07, 6.45) is 0.751. The number of hydrogen-bond donors (Lipinski definition) is 3. The Morgan fingerprint density at radius 1 is 1.58 bits per heavy atom. The van der Waals surface area contributed by atoms with Gasteiger partial charge in [-0.3, -0.25) is 4.79 Å². The van der Waals surface area contributed by atoms with Crippen LogP contribution in [0.15, 0.2) is 18.2 Å². The Morgan fingerprint density at radius 2 is 2.32 bits per heavy atom. The molecule has 0 aliphatic heterocycles. The Hall–Kier alpha value is -1.59. The number of nitrogens with two attached hydrogens (primary N) is 1. The van der Waals surface area contributed by atoms with Crippen molar-refractivity contribution < 1.29 is 14.6 Å². The first-order chi connectivity index (χ1) is 9.02. The third-order valence-electron chi connectivity index (χ3n) is 3.52. The number of amides is 1. The fourth-order valence-electron chi connectivity index (χ4n) is 2.21. The Balaban J connectivity index is 2.02. The molecule has 1 aromatic carbocycles. The lowest BCUT2D eigenvalue weighted by molar-refractivity contribution is -0.0300. The maximum absolute atomic E-state index is 12.1. The molecule has 1 aliphatic rings. The van der Waals surface area contributed by atoms with Crippen molar-refractivity contribution in [1.29, 1.82) is 0 Å². The number of nitrogens with one attached hydrogen (secondary N) is 1. The number of carbonyl (C=O) groups is 1. The van der Waals surface area contributed by atoms with Gasteiger partial charge in [0.1, 0.15) is 5.75 Å². The first-order valence-electron chi connectivity index (χ1n) is 6.50. The number of hydrogen-bond acceptors (Lipinski definition) is 4. The van der Waals surface area contributed by atoms with Crippen LogP contribution in [0, 0.1) is 6.92 Å². The van der Waals surface area contributed by atoms with Crippen LogP contribution in [0.4, 0.5) is 0 Å². The highest BCUT2D eigenvalue weighted by atomic mass is 16.5. The number of carbonyl (C=O) groups excluding carboxylic acids is 1. The van der Waals surface area contributed by atoms with Gasteiger partial charge in [0.15, 0.2) is 0 Å². The van der Waals surface area contributed by atoms with Crippen LogP contribution < -0.4 is 11.1 Å². The summed E-state index contributed by atoms with van der Waals surface area (Å²) in [7, 11) is 0. The van der Waals surface area contributed by atoms with E-state index in [1.54, 1.807) is 19.1 Å². The summed E-state index contributed by atoms with van der Waals surface area (Å²) in [5.74, 6) is -0.118. The van der Waals surface area contributed by atoms with Crippen molar-refractivity contribution in [3.63, 3.8) is 0 Å². The lowest BCUT2D eigenvalue weighted by Crippen LogP contribution is -2.64. The minimum Gasteiger partial charge on any atom is -0.508 e. The standard InChI is InChI=1S/C14H20N2O3/c1-3-19-12-7-10(15)13(12)16-14(18)9-5-4-8(2)11(17)6-9/h4-6,10,12-13,17H,3,7,15H2,1-2H3,(H,16,18). The van der Waals surface area contributed by atoms with Crippen LogP contribution in [0.5, 0.6) is 5.75 Å². The summed E-state index contributed by atoms with van der Waals surface area (Å²) in [5, 5.41) is 12.5. The van der Waals surface area contributed by atoms with Crippen LogP contribution >= 0.6 is 0 Å². The SMILES string of the molecule is CCOC1CC(N)C1NC(=O)c1ccc(C)c(O)c1. The molecule has 0 radical (unpaired) electrons. The summed E-state index contributed by atoms with van der Waals surface area (Å²) in [4.78, 5) is 12.1. The molecular formula is C14H20N2O3. The molecule has 1 fully saturated rings. The molecule has 0 bridgehead atoms. The minimum absolute atomic E-state index is 0.0111. The monoisotopic (exact) mass is 264 g/mol. The third kappa shape index (κ3) is 2.88. The van der Waals surface area contributed by atoms with Crippen molar-refractivity contribution in [2.45, 2.75) is 38.5 Å². The largest absolute Gasteiger partial charge is 0.508 e. The molecule has 5 nitrogen and oxygen atoms in total. The average molecular weight is 264 g/mol. The van der Waals surface area contributed by atoms with E-state index in [0.717, 1.165) is 12.0 Å². The van der Waals surface area contributed by atoms with E-state index in [1.165, 1.54) is 6.07 Å². The van der Waals surface area contributed by atoms with Gasteiger partial charge < -0.3 is 20.9 Å². The fraction of sp³-hybridized carbons (Fsp3) is 0.500. The number of phenolic OH excluding ortho intramolecular Hbond substituents is 1. The normalized spacial score (nSPS) is 25.7. The van der Waals surface area contributed by atoms with E-state index in [-0.39, 0.29) is 29.8 Å². The van der Waals surface area contributed by atoms with E-state index in [0.29, 0.717) is 12.2 Å². The minimum atomic E-state index is -0.236. The molecule has 3 atom stereocenters. The van der Waals surface area contributed by atoms with Crippen molar-refractivity contribution in [3.8, 4) is 5.75 Å². The van der Waals surface area contributed by atoms with Crippen molar-refractivity contribution in [2.75, 3.05) is 6.61 Å². The molecule has 3 unspecified atom stereocenters. The number of aromatic hydroxyl groups is 1. The number of benzene rings is 1. The molecule has 2 rings (SSSR count). The second-order valence-corrected chi connectivity index (χ2v) is 4.89. The number of aryl methyl sites for hydroxylation is 1. The molecule has 1 saturated carbocycles. The molecular weight excluding hydrogens is 244 g/mol. The average Bonchev–Trinajstić information content (AvgIpc) is 2.38. The molecule has 1 aromatic rings. The Bertz CT molecular complexity index is 474. The highest BCUT2D eigenvalue weighted by Gasteiger charge is 2.40. The zero-order valence-corrected chi connectivity index (χ0v) is 11.2. The summed E-state index contributed by atoms with van der Waals surface area (Å²) in [6.45, 7) is 4.31. The highest BCUT2D eigenvalue weighted by Crippen LogP contribution is 2.23. The van der Waals surface area contributed by atoms with E-state index < -0.39 is 0 Å². The van der Waals surface area contributed by atoms with Crippen molar-refractivity contribution in [2.24, 2.45) is 5.73 Å². The highest BCUT2D eigenvalue weighted by molar-refractivity contribution is 5.95. The van der Waals surface area contributed by atoms with Gasteiger partial charge >= 0.3 is 0 Å². The van der Waals surface area contributed by atoms with E-state index in [2.05, 4.69) is 5.32 Å². The van der Waals surface area contributed by atoms with Gasteiger partial charge in [-0.05, 0) is 38.0 Å². The zero-order valence-electron chi connectivity index (χ0n) is 11.2. The first kappa shape index (κ1) is 13.8. The maximum Gasteiger partial charge on any atom is 0.251 e. The van der Waals surface area contributed by atoms with Crippen LogP contribution in [0.2, 0.25) is 0 Å². The van der Waals surface area contributed by atoms with Gasteiger partial charge in [-0.1, -0.05) is 6.07 Å². The molecule has 0 heterocycles. The Kier molecular flexibility index (Phi) is 4.07. The van der Waals surface area contributed by atoms with Gasteiger partial charge in [0, 0.05) is 18.2 Å². The van der Waals surface area contributed by atoms with E-state index >= 15 is 0 Å². The Morgan fingerprint density at radius 3 is 2.89 bits per heavy atom. The summed E-state index contributed by atoms with van der Waals surface area (Å²) < 4.78 is 5.50. The van der Waals surface area contributed by atoms with Gasteiger partial charge in [0.2, 0.25) is 0 Å². The summed E-state index contributed by atoms with van der Waals surface area (Å²) >= 11 is 0. The second-order valence-electron chi connectivity index (χ2n) is 4.89. The molecule has 104 valence electrons. The van der Waals surface area contributed by atoms with Crippen molar-refractivity contribution >= 4 is 5.91 Å². The predicted molar refractivity (Wildman–Crippen MR) is 72.1 cm³/mol. The van der Waals surface area contributed by atoms with E-state index in [9.17, 15) is 9.90 Å². The fourth-order valence-corrected chi connectivity index (χ4v) is 2.21. The predicted octanol–water partition coefficient (Wildman–Crippen LogP) is 0.935. The lowest BCUT2D eigenvalue weighted by atomic mass is 9.83. The first-order valence-corrected chi connectivity index (χ1v) is 6.50. The van der Waals surface area contributed by atoms with E-state index in [1.807, 2.05) is 6.92 Å². The molecule has 19 heavy (non-hydrogen) atoms. The molecule has 5 heteroatoms. The van der Waals surface area contributed by atoms with Gasteiger partial charge in [-0.2, -0.15) is 0 Å². The Labute approximate surface area is 112 Å². The van der Waals surface area contributed by atoms with Crippen molar-refractivity contribution in [1.82, 2.24) is 5.32 Å². The molecule has 1 amide bonds. The molecule has 0 aromatic heterocycles. The number of ether oxygens (including phenoxy) is 1. The van der Waals surface area contributed by atoms with Gasteiger partial charge in [-0.25, -0.2) is 0 Å². The summed E-state index contributed by atoms with van der Waals surface area (Å²) in [6, 6.07) is 4.63. The smallest absolute Gasteiger partial charge is 0.251 e. The lowest BCUT2D eigenvalue weighted by Gasteiger charge is -2.42. The summed E-state index contributed by atoms with van der Waals surface area (Å²) in [5.41, 5.74) is 7.05. The maximum atomic E-state index is 12.1. The van der Waals surface area contributed by atoms with Crippen LogP contribution in [0.25, 0.3) is 0 Å². The van der Waals surface area contributed by atoms with Gasteiger partial charge in [-0.15, -0.1) is 0 Å². The van der Waals surface area contributed by atoms with Crippen LogP contribution in [0.1, 0.15) is 29.3 Å². The van der Waals surface area contributed by atoms with E-state index in [4.69, 9.17) is 10.5 Å². The topological polar surface area (TPSA) is 84.6 Å². The molecule has 4 N–H and O–H groups in total. The van der Waals surface area contributed by atoms with Crippen LogP contribution in [-0.4, -0.2) is 35.8 Å². The van der Waals surface area contributed by atoms with Crippen molar-refractivity contribution in [3.05, 3.63) is 29.3 Å². The molecule has 0 spiro atoms. The van der Waals surface area contributed by atoms with Crippen LogP contribution in [-0.2, 0) is 4.74 Å². The molecule has 1 aliphatic carbocycles. The van der Waals surface area contributed by atoms with Crippen LogP contribution in [0.3, 0.4) is 0 Å². The number of rotatable bonds is 4. The van der Waals surface area contributed by atoms with Gasteiger partial charge in [0.05, 0.1) is 12.1 Å². The zero-order chi connectivity index (χ0) is 14.0. The second kappa shape index (κ2) is 5.59. The van der Waals surface area contributed by atoms with Gasteiger partial charge in [0.25, 0.3) is 5.91 Å². The third-order valence-corrected chi connectivity index (χ3v) is 3.52. The quantitative estimate of drug-likeness (QED) is 0.755.